The first-order chi connectivity index (χ1) is 6.54. The van der Waals surface area contributed by atoms with Gasteiger partial charge in [0.25, 0.3) is 5.69 Å². The van der Waals surface area contributed by atoms with Crippen molar-refractivity contribution in [2.45, 2.75) is 5.92 Å². The second-order valence-corrected chi connectivity index (χ2v) is 3.77. The minimum Gasteiger partial charge on any atom is -0.258 e. The molecule has 0 amide bonds. The van der Waals surface area contributed by atoms with Crippen LogP contribution in [0.4, 0.5) is 10.1 Å². The molecule has 3 nitrogen and oxygen atoms in total. The van der Waals surface area contributed by atoms with Crippen LogP contribution in [0.1, 0.15) is 11.5 Å². The van der Waals surface area contributed by atoms with Crippen LogP contribution in [0, 0.1) is 17.0 Å². The Hall–Kier alpha value is -0.970. The predicted octanol–water partition coefficient (Wildman–Crippen LogP) is 3.24. The molecule has 0 aromatic heterocycles. The van der Waals surface area contributed by atoms with Crippen LogP contribution in [0.5, 0.6) is 0 Å². The van der Waals surface area contributed by atoms with Gasteiger partial charge >= 0.3 is 0 Å². The SMILES string of the molecule is [CH2]C(CF)c1cc(Br)cc([N+](=O)[O-])c1. The van der Waals surface area contributed by atoms with Crippen molar-refractivity contribution in [2.75, 3.05) is 6.67 Å². The number of benzene rings is 1. The van der Waals surface area contributed by atoms with Gasteiger partial charge in [-0.05, 0) is 18.6 Å². The molecule has 0 fully saturated rings. The highest BCUT2D eigenvalue weighted by Crippen LogP contribution is 2.26. The number of nitro groups is 1. The lowest BCUT2D eigenvalue weighted by atomic mass is 10.0. The highest BCUT2D eigenvalue weighted by Gasteiger charge is 2.12. The van der Waals surface area contributed by atoms with Crippen molar-refractivity contribution in [1.29, 1.82) is 0 Å². The van der Waals surface area contributed by atoms with E-state index < -0.39 is 17.5 Å². The van der Waals surface area contributed by atoms with Gasteiger partial charge in [0.1, 0.15) is 0 Å². The van der Waals surface area contributed by atoms with Gasteiger partial charge in [0.2, 0.25) is 0 Å². The van der Waals surface area contributed by atoms with Gasteiger partial charge in [-0.15, -0.1) is 0 Å². The summed E-state index contributed by atoms with van der Waals surface area (Å²) >= 11 is 3.12. The Kier molecular flexibility index (Phi) is 3.57. The number of nitro benzene ring substituents is 1. The number of rotatable bonds is 3. The van der Waals surface area contributed by atoms with E-state index in [9.17, 15) is 14.5 Å². The summed E-state index contributed by atoms with van der Waals surface area (Å²) in [4.78, 5) is 9.97. The molecule has 75 valence electrons. The van der Waals surface area contributed by atoms with Crippen molar-refractivity contribution in [2.24, 2.45) is 0 Å². The van der Waals surface area contributed by atoms with E-state index in [4.69, 9.17) is 0 Å². The van der Waals surface area contributed by atoms with E-state index in [1.807, 2.05) is 0 Å². The van der Waals surface area contributed by atoms with Crippen LogP contribution in [-0.2, 0) is 0 Å². The third-order valence-corrected chi connectivity index (χ3v) is 2.23. The number of hydrogen-bond acceptors (Lipinski definition) is 2. The first-order valence-electron chi connectivity index (χ1n) is 3.88. The molecule has 1 radical (unpaired) electrons. The van der Waals surface area contributed by atoms with E-state index in [-0.39, 0.29) is 5.69 Å². The van der Waals surface area contributed by atoms with E-state index in [0.717, 1.165) is 0 Å². The molecule has 0 N–H and O–H groups in total. The van der Waals surface area contributed by atoms with Crippen molar-refractivity contribution >= 4 is 21.6 Å². The predicted molar refractivity (Wildman–Crippen MR) is 54.9 cm³/mol. The molecule has 0 aliphatic carbocycles. The lowest BCUT2D eigenvalue weighted by Gasteiger charge is -2.06. The monoisotopic (exact) mass is 260 g/mol. The fourth-order valence-corrected chi connectivity index (χ4v) is 1.53. The summed E-state index contributed by atoms with van der Waals surface area (Å²) in [6.07, 6.45) is 0. The molecular weight excluding hydrogens is 253 g/mol. The highest BCUT2D eigenvalue weighted by molar-refractivity contribution is 9.10. The van der Waals surface area contributed by atoms with Crippen LogP contribution in [0.25, 0.3) is 0 Å². The summed E-state index contributed by atoms with van der Waals surface area (Å²) in [7, 11) is 0. The molecule has 1 rings (SSSR count). The van der Waals surface area contributed by atoms with Crippen LogP contribution < -0.4 is 0 Å². The van der Waals surface area contributed by atoms with E-state index in [0.29, 0.717) is 10.0 Å². The molecule has 1 aromatic carbocycles. The van der Waals surface area contributed by atoms with Crippen molar-refractivity contribution in [3.05, 3.63) is 45.3 Å². The number of hydrogen-bond donors (Lipinski definition) is 0. The molecule has 0 aliphatic rings. The molecule has 0 spiro atoms. The van der Waals surface area contributed by atoms with Gasteiger partial charge in [-0.3, -0.25) is 14.5 Å². The van der Waals surface area contributed by atoms with Crippen molar-refractivity contribution in [1.82, 2.24) is 0 Å². The molecule has 0 heterocycles. The minimum atomic E-state index is -0.631. The smallest absolute Gasteiger partial charge is 0.258 e. The fourth-order valence-electron chi connectivity index (χ4n) is 1.03. The zero-order chi connectivity index (χ0) is 10.7. The molecule has 0 saturated carbocycles. The van der Waals surface area contributed by atoms with Gasteiger partial charge in [0.15, 0.2) is 0 Å². The molecule has 0 saturated heterocycles. The van der Waals surface area contributed by atoms with Crippen molar-refractivity contribution in [3.63, 3.8) is 0 Å². The van der Waals surface area contributed by atoms with Crippen LogP contribution in [0.15, 0.2) is 22.7 Å². The number of non-ortho nitro benzene ring substituents is 1. The fraction of sp³-hybridized carbons (Fsp3) is 0.222. The maximum atomic E-state index is 12.3. The molecule has 1 unspecified atom stereocenters. The Morgan fingerprint density at radius 1 is 1.57 bits per heavy atom. The second kappa shape index (κ2) is 4.50. The Morgan fingerprint density at radius 2 is 2.21 bits per heavy atom. The van der Waals surface area contributed by atoms with Crippen LogP contribution in [-0.4, -0.2) is 11.6 Å². The summed E-state index contributed by atoms with van der Waals surface area (Å²) in [6.45, 7) is 2.92. The first-order valence-corrected chi connectivity index (χ1v) is 4.68. The average molecular weight is 261 g/mol. The van der Waals surface area contributed by atoms with Gasteiger partial charge in [0.05, 0.1) is 11.6 Å². The zero-order valence-electron chi connectivity index (χ0n) is 7.24. The average Bonchev–Trinajstić information content (AvgIpc) is 2.15. The number of nitrogens with zero attached hydrogens (tertiary/aromatic N) is 1. The minimum absolute atomic E-state index is 0.0588. The summed E-state index contributed by atoms with van der Waals surface area (Å²) in [6, 6.07) is 4.33. The van der Waals surface area contributed by atoms with Gasteiger partial charge in [-0.1, -0.05) is 15.9 Å². The van der Waals surface area contributed by atoms with Crippen LogP contribution >= 0.6 is 15.9 Å². The molecule has 5 heteroatoms. The molecular formula is C9H8BrFNO2. The molecule has 0 aliphatic heterocycles. The Bertz CT molecular complexity index is 357. The maximum Gasteiger partial charge on any atom is 0.270 e. The molecule has 1 aromatic rings. The van der Waals surface area contributed by atoms with Crippen LogP contribution in [0.2, 0.25) is 0 Å². The molecule has 1 atom stereocenters. The lowest BCUT2D eigenvalue weighted by molar-refractivity contribution is -0.385. The summed E-state index contributed by atoms with van der Waals surface area (Å²) in [5.41, 5.74) is 0.463. The highest BCUT2D eigenvalue weighted by atomic mass is 79.9. The normalized spacial score (nSPS) is 12.5. The standard InChI is InChI=1S/C9H8BrFNO2/c1-6(5-11)7-2-8(10)4-9(3-7)12(13)14/h2-4,6H,1,5H2. The molecule has 0 bridgehead atoms. The Labute approximate surface area is 89.2 Å². The van der Waals surface area contributed by atoms with Crippen LogP contribution in [0.3, 0.4) is 0 Å². The van der Waals surface area contributed by atoms with Crippen molar-refractivity contribution < 1.29 is 9.31 Å². The van der Waals surface area contributed by atoms with E-state index in [2.05, 4.69) is 22.9 Å². The number of alkyl halides is 1. The quantitative estimate of drug-likeness (QED) is 0.619. The number of halogens is 2. The third kappa shape index (κ3) is 2.51. The van der Waals surface area contributed by atoms with Gasteiger partial charge < -0.3 is 0 Å². The molecule has 14 heavy (non-hydrogen) atoms. The van der Waals surface area contributed by atoms with Crippen molar-refractivity contribution in [3.8, 4) is 0 Å². The van der Waals surface area contributed by atoms with Gasteiger partial charge in [0, 0.05) is 22.5 Å². The summed E-state index contributed by atoms with van der Waals surface area (Å²) in [5, 5.41) is 10.5. The van der Waals surface area contributed by atoms with E-state index in [1.54, 1.807) is 6.07 Å². The van der Waals surface area contributed by atoms with Gasteiger partial charge in [-0.25, -0.2) is 0 Å². The zero-order valence-corrected chi connectivity index (χ0v) is 8.83. The third-order valence-electron chi connectivity index (χ3n) is 1.77. The van der Waals surface area contributed by atoms with Gasteiger partial charge in [-0.2, -0.15) is 0 Å². The largest absolute Gasteiger partial charge is 0.270 e. The van der Waals surface area contributed by atoms with E-state index >= 15 is 0 Å². The summed E-state index contributed by atoms with van der Waals surface area (Å²) in [5.74, 6) is -0.564. The van der Waals surface area contributed by atoms with E-state index in [1.165, 1.54) is 12.1 Å². The Balaban J connectivity index is 3.13. The first kappa shape index (κ1) is 11.1. The topological polar surface area (TPSA) is 43.1 Å². The second-order valence-electron chi connectivity index (χ2n) is 2.85. The lowest BCUT2D eigenvalue weighted by Crippen LogP contribution is -1.97. The maximum absolute atomic E-state index is 12.3. The summed E-state index contributed by atoms with van der Waals surface area (Å²) < 4.78 is 12.8. The Morgan fingerprint density at radius 3 is 2.71 bits per heavy atom.